The monoisotopic (exact) mass is 284 g/mol. The standard InChI is InChI=1S/C13H16O5S/c1-3-17-13(14)18-9-4-10-19(15,16)12-7-5-11(2)6-8-12/h4-8,10H,3,9H2,1-2H3/b10-4+. The summed E-state index contributed by atoms with van der Waals surface area (Å²) in [6, 6.07) is 6.49. The molecule has 0 amide bonds. The lowest BCUT2D eigenvalue weighted by atomic mass is 10.2. The minimum atomic E-state index is -3.50. The van der Waals surface area contributed by atoms with E-state index in [0.29, 0.717) is 0 Å². The quantitative estimate of drug-likeness (QED) is 0.777. The number of carbonyl (C=O) groups excluding carboxylic acids is 1. The van der Waals surface area contributed by atoms with Crippen LogP contribution in [0.3, 0.4) is 0 Å². The molecule has 0 unspecified atom stereocenters. The van der Waals surface area contributed by atoms with E-state index in [1.807, 2.05) is 6.92 Å². The number of rotatable bonds is 5. The van der Waals surface area contributed by atoms with E-state index in [4.69, 9.17) is 0 Å². The maximum absolute atomic E-state index is 11.9. The van der Waals surface area contributed by atoms with Gasteiger partial charge in [0.25, 0.3) is 0 Å². The lowest BCUT2D eigenvalue weighted by Crippen LogP contribution is -2.07. The van der Waals surface area contributed by atoms with Crippen LogP contribution in [-0.2, 0) is 19.3 Å². The average molecular weight is 284 g/mol. The number of benzene rings is 1. The van der Waals surface area contributed by atoms with Crippen molar-refractivity contribution in [2.45, 2.75) is 18.7 Å². The Morgan fingerprint density at radius 3 is 2.42 bits per heavy atom. The van der Waals surface area contributed by atoms with Gasteiger partial charge in [-0.2, -0.15) is 0 Å². The number of carbonyl (C=O) groups is 1. The Labute approximate surface area is 112 Å². The van der Waals surface area contributed by atoms with E-state index in [1.165, 1.54) is 18.2 Å². The third-order valence-electron chi connectivity index (χ3n) is 2.18. The molecule has 0 bridgehead atoms. The van der Waals surface area contributed by atoms with Gasteiger partial charge >= 0.3 is 6.16 Å². The normalized spacial score (nSPS) is 11.5. The molecule has 1 aromatic rings. The molecule has 0 spiro atoms. The zero-order valence-electron chi connectivity index (χ0n) is 10.8. The molecule has 6 heteroatoms. The van der Waals surface area contributed by atoms with Crippen molar-refractivity contribution in [3.05, 3.63) is 41.3 Å². The minimum Gasteiger partial charge on any atom is -0.435 e. The molecular formula is C13H16O5S. The highest BCUT2D eigenvalue weighted by Crippen LogP contribution is 2.12. The molecule has 1 rings (SSSR count). The third kappa shape index (κ3) is 5.13. The molecule has 0 aliphatic carbocycles. The van der Waals surface area contributed by atoms with Crippen LogP contribution in [0.4, 0.5) is 4.79 Å². The van der Waals surface area contributed by atoms with Crippen molar-refractivity contribution in [2.75, 3.05) is 13.2 Å². The SMILES string of the molecule is CCOC(=O)OC/C=C/S(=O)(=O)c1ccc(C)cc1. The molecule has 0 N–H and O–H groups in total. The van der Waals surface area contributed by atoms with Gasteiger partial charge in [0.15, 0.2) is 9.84 Å². The molecule has 0 aromatic heterocycles. The summed E-state index contributed by atoms with van der Waals surface area (Å²) in [4.78, 5) is 11.0. The van der Waals surface area contributed by atoms with Gasteiger partial charge in [-0.3, -0.25) is 0 Å². The van der Waals surface area contributed by atoms with Crippen LogP contribution in [0, 0.1) is 6.92 Å². The molecule has 5 nitrogen and oxygen atoms in total. The van der Waals surface area contributed by atoms with Gasteiger partial charge in [0, 0.05) is 5.41 Å². The topological polar surface area (TPSA) is 69.7 Å². The highest BCUT2D eigenvalue weighted by molar-refractivity contribution is 7.94. The fourth-order valence-corrected chi connectivity index (χ4v) is 2.25. The second-order valence-electron chi connectivity index (χ2n) is 3.72. The fourth-order valence-electron chi connectivity index (χ4n) is 1.25. The number of hydrogen-bond acceptors (Lipinski definition) is 5. The van der Waals surface area contributed by atoms with E-state index in [-0.39, 0.29) is 18.1 Å². The van der Waals surface area contributed by atoms with Crippen molar-refractivity contribution in [1.29, 1.82) is 0 Å². The van der Waals surface area contributed by atoms with Gasteiger partial charge in [0.05, 0.1) is 11.5 Å². The van der Waals surface area contributed by atoms with Gasteiger partial charge in [0.2, 0.25) is 0 Å². The molecule has 0 aliphatic rings. The van der Waals surface area contributed by atoms with E-state index < -0.39 is 16.0 Å². The van der Waals surface area contributed by atoms with Crippen molar-refractivity contribution < 1.29 is 22.7 Å². The maximum Gasteiger partial charge on any atom is 0.508 e. The summed E-state index contributed by atoms with van der Waals surface area (Å²) in [6.45, 7) is 3.59. The molecule has 0 saturated heterocycles. The lowest BCUT2D eigenvalue weighted by molar-refractivity contribution is 0.0673. The molecule has 0 saturated carbocycles. The summed E-state index contributed by atoms with van der Waals surface area (Å²) in [5.74, 6) is 0. The Kier molecular flexibility index (Phi) is 5.57. The second kappa shape index (κ2) is 6.94. The van der Waals surface area contributed by atoms with Crippen LogP contribution in [0.1, 0.15) is 12.5 Å². The number of hydrogen-bond donors (Lipinski definition) is 0. The molecule has 0 atom stereocenters. The summed E-state index contributed by atoms with van der Waals surface area (Å²) in [5, 5.41) is 1.01. The number of ether oxygens (including phenoxy) is 2. The summed E-state index contributed by atoms with van der Waals surface area (Å²) in [5.41, 5.74) is 0.980. The Hall–Kier alpha value is -1.82. The van der Waals surface area contributed by atoms with Crippen molar-refractivity contribution in [1.82, 2.24) is 0 Å². The van der Waals surface area contributed by atoms with Gasteiger partial charge in [-0.05, 0) is 32.1 Å². The van der Waals surface area contributed by atoms with E-state index >= 15 is 0 Å². The van der Waals surface area contributed by atoms with Crippen LogP contribution in [0.15, 0.2) is 40.6 Å². The molecular weight excluding hydrogens is 268 g/mol. The Morgan fingerprint density at radius 1 is 1.21 bits per heavy atom. The smallest absolute Gasteiger partial charge is 0.435 e. The summed E-state index contributed by atoms with van der Waals surface area (Å²) < 4.78 is 32.9. The zero-order valence-corrected chi connectivity index (χ0v) is 11.6. The van der Waals surface area contributed by atoms with Gasteiger partial charge < -0.3 is 9.47 Å². The largest absolute Gasteiger partial charge is 0.508 e. The van der Waals surface area contributed by atoms with Crippen molar-refractivity contribution >= 4 is 16.0 Å². The van der Waals surface area contributed by atoms with Crippen LogP contribution in [0.25, 0.3) is 0 Å². The van der Waals surface area contributed by atoms with Crippen molar-refractivity contribution in [3.8, 4) is 0 Å². The first-order valence-electron chi connectivity index (χ1n) is 5.73. The van der Waals surface area contributed by atoms with Crippen LogP contribution >= 0.6 is 0 Å². The van der Waals surface area contributed by atoms with Crippen LogP contribution in [0.5, 0.6) is 0 Å². The minimum absolute atomic E-state index is 0.149. The molecule has 19 heavy (non-hydrogen) atoms. The Morgan fingerprint density at radius 2 is 1.84 bits per heavy atom. The highest BCUT2D eigenvalue weighted by Gasteiger charge is 2.09. The summed E-state index contributed by atoms with van der Waals surface area (Å²) >= 11 is 0. The van der Waals surface area contributed by atoms with E-state index in [2.05, 4.69) is 9.47 Å². The Balaban J connectivity index is 2.60. The summed E-state index contributed by atoms with van der Waals surface area (Å²) in [6.07, 6.45) is 0.437. The average Bonchev–Trinajstić information content (AvgIpc) is 2.36. The number of sulfone groups is 1. The molecule has 1 aromatic carbocycles. The van der Waals surface area contributed by atoms with E-state index in [0.717, 1.165) is 11.0 Å². The molecule has 104 valence electrons. The van der Waals surface area contributed by atoms with Crippen LogP contribution in [0.2, 0.25) is 0 Å². The fraction of sp³-hybridized carbons (Fsp3) is 0.308. The van der Waals surface area contributed by atoms with Gasteiger partial charge in [-0.25, -0.2) is 13.2 Å². The first-order valence-corrected chi connectivity index (χ1v) is 7.28. The highest BCUT2D eigenvalue weighted by atomic mass is 32.2. The third-order valence-corrected chi connectivity index (χ3v) is 3.66. The van der Waals surface area contributed by atoms with Crippen molar-refractivity contribution in [3.63, 3.8) is 0 Å². The number of aryl methyl sites for hydroxylation is 1. The first-order chi connectivity index (χ1) is 8.95. The molecule has 0 radical (unpaired) electrons. The predicted molar refractivity (Wildman–Crippen MR) is 70.5 cm³/mol. The molecule has 0 heterocycles. The van der Waals surface area contributed by atoms with Crippen LogP contribution in [-0.4, -0.2) is 27.8 Å². The van der Waals surface area contributed by atoms with E-state index in [9.17, 15) is 13.2 Å². The molecule has 0 fully saturated rings. The lowest BCUT2D eigenvalue weighted by Gasteiger charge is -2.01. The van der Waals surface area contributed by atoms with Crippen molar-refractivity contribution in [2.24, 2.45) is 0 Å². The molecule has 0 aliphatic heterocycles. The Bertz CT molecular complexity index is 543. The zero-order chi connectivity index (χ0) is 14.3. The van der Waals surface area contributed by atoms with E-state index in [1.54, 1.807) is 19.1 Å². The predicted octanol–water partition coefficient (Wildman–Crippen LogP) is 2.46. The maximum atomic E-state index is 11.9. The summed E-state index contributed by atoms with van der Waals surface area (Å²) in [7, 11) is -3.50. The van der Waals surface area contributed by atoms with Gasteiger partial charge in [-0.15, -0.1) is 0 Å². The first kappa shape index (κ1) is 15.2. The van der Waals surface area contributed by atoms with Gasteiger partial charge in [0.1, 0.15) is 6.61 Å². The van der Waals surface area contributed by atoms with Crippen LogP contribution < -0.4 is 0 Å². The second-order valence-corrected chi connectivity index (χ2v) is 5.56. The van der Waals surface area contributed by atoms with Gasteiger partial charge in [-0.1, -0.05) is 17.7 Å².